The van der Waals surface area contributed by atoms with E-state index in [1.54, 1.807) is 0 Å². The number of pyridine rings is 1. The van der Waals surface area contributed by atoms with Crippen LogP contribution in [0, 0.1) is 6.92 Å². The maximum absolute atomic E-state index is 11.5. The Morgan fingerprint density at radius 3 is 2.82 bits per heavy atom. The maximum atomic E-state index is 11.5. The van der Waals surface area contributed by atoms with Gasteiger partial charge in [0.15, 0.2) is 15.8 Å². The summed E-state index contributed by atoms with van der Waals surface area (Å²) in [5.74, 6) is 1.08. The third kappa shape index (κ3) is 6.07. The van der Waals surface area contributed by atoms with Crippen molar-refractivity contribution in [2.45, 2.75) is 32.9 Å². The molecule has 0 amide bonds. The highest BCUT2D eigenvalue weighted by Gasteiger charge is 2.28. The quantitative estimate of drug-likeness (QED) is 0.420. The van der Waals surface area contributed by atoms with Gasteiger partial charge in [0.1, 0.15) is 0 Å². The number of hydrogen-bond donors (Lipinski definition) is 2. The molecule has 1 unspecified atom stereocenters. The van der Waals surface area contributed by atoms with Crippen LogP contribution in [0.5, 0.6) is 0 Å². The fraction of sp³-hybridized carbons (Fsp3) is 0.571. The number of hydrogen-bond acceptors (Lipinski definition) is 4. The van der Waals surface area contributed by atoms with Gasteiger partial charge in [0.05, 0.1) is 23.7 Å². The second-order valence-corrected chi connectivity index (χ2v) is 7.44. The Bertz CT molecular complexity index is 619. The average molecular weight is 438 g/mol. The summed E-state index contributed by atoms with van der Waals surface area (Å²) in [6.45, 7) is 5.12. The highest BCUT2D eigenvalue weighted by Crippen LogP contribution is 2.11. The lowest BCUT2D eigenvalue weighted by Crippen LogP contribution is -2.44. The lowest BCUT2D eigenvalue weighted by atomic mass is 10.3. The predicted octanol–water partition coefficient (Wildman–Crippen LogP) is 1.25. The largest absolute Gasteiger partial charge is 0.357 e. The number of rotatable bonds is 4. The molecule has 1 saturated heterocycles. The SMILES string of the molecule is CCNC(=NCc1cccc(C)n1)NC1CCS(=O)(=O)C1.I. The van der Waals surface area contributed by atoms with Crippen LogP contribution in [0.3, 0.4) is 0 Å². The first-order valence-corrected chi connectivity index (χ1v) is 8.98. The number of halogens is 1. The number of aryl methyl sites for hydroxylation is 1. The van der Waals surface area contributed by atoms with Crippen LogP contribution in [0.1, 0.15) is 24.7 Å². The van der Waals surface area contributed by atoms with Gasteiger partial charge >= 0.3 is 0 Å². The molecular formula is C14H23IN4O2S. The predicted molar refractivity (Wildman–Crippen MR) is 99.4 cm³/mol. The molecule has 2 heterocycles. The Hall–Kier alpha value is -0.900. The minimum Gasteiger partial charge on any atom is -0.357 e. The van der Waals surface area contributed by atoms with E-state index < -0.39 is 9.84 Å². The second kappa shape index (κ2) is 8.66. The Labute approximate surface area is 149 Å². The van der Waals surface area contributed by atoms with E-state index in [0.29, 0.717) is 18.9 Å². The number of nitrogens with one attached hydrogen (secondary N) is 2. The van der Waals surface area contributed by atoms with Crippen molar-refractivity contribution in [3.8, 4) is 0 Å². The van der Waals surface area contributed by atoms with Crippen molar-refractivity contribution in [1.29, 1.82) is 0 Å². The number of aliphatic imine (C=N–C) groups is 1. The van der Waals surface area contributed by atoms with Crippen molar-refractivity contribution in [3.63, 3.8) is 0 Å². The van der Waals surface area contributed by atoms with E-state index >= 15 is 0 Å². The Balaban J connectivity index is 0.00000242. The third-order valence-corrected chi connectivity index (χ3v) is 5.03. The summed E-state index contributed by atoms with van der Waals surface area (Å²) >= 11 is 0. The third-order valence-electron chi connectivity index (χ3n) is 3.26. The number of nitrogens with zero attached hydrogens (tertiary/aromatic N) is 2. The first-order valence-electron chi connectivity index (χ1n) is 7.16. The van der Waals surface area contributed by atoms with Gasteiger partial charge in [-0.1, -0.05) is 6.07 Å². The molecule has 0 spiro atoms. The van der Waals surface area contributed by atoms with Crippen molar-refractivity contribution >= 4 is 39.8 Å². The summed E-state index contributed by atoms with van der Waals surface area (Å²) in [5.41, 5.74) is 1.86. The van der Waals surface area contributed by atoms with Crippen molar-refractivity contribution in [2.75, 3.05) is 18.1 Å². The Morgan fingerprint density at radius 1 is 1.45 bits per heavy atom. The normalized spacial score (nSPS) is 20.3. The number of sulfone groups is 1. The molecule has 0 radical (unpaired) electrons. The van der Waals surface area contributed by atoms with Gasteiger partial charge < -0.3 is 10.6 Å². The van der Waals surface area contributed by atoms with Crippen LogP contribution < -0.4 is 10.6 Å². The monoisotopic (exact) mass is 438 g/mol. The fourth-order valence-electron chi connectivity index (χ4n) is 2.27. The average Bonchev–Trinajstić information content (AvgIpc) is 2.76. The molecule has 6 nitrogen and oxygen atoms in total. The van der Waals surface area contributed by atoms with Crippen molar-refractivity contribution < 1.29 is 8.42 Å². The van der Waals surface area contributed by atoms with Crippen LogP contribution in [-0.2, 0) is 16.4 Å². The zero-order valence-electron chi connectivity index (χ0n) is 12.9. The lowest BCUT2D eigenvalue weighted by molar-refractivity contribution is 0.599. The van der Waals surface area contributed by atoms with Crippen LogP contribution in [0.15, 0.2) is 23.2 Å². The van der Waals surface area contributed by atoms with Crippen LogP contribution in [0.2, 0.25) is 0 Å². The van der Waals surface area contributed by atoms with E-state index in [1.807, 2.05) is 32.0 Å². The first-order chi connectivity index (χ1) is 9.98. The molecule has 1 aromatic heterocycles. The molecule has 8 heteroatoms. The van der Waals surface area contributed by atoms with E-state index in [0.717, 1.165) is 17.9 Å². The second-order valence-electron chi connectivity index (χ2n) is 5.21. The smallest absolute Gasteiger partial charge is 0.191 e. The molecule has 2 rings (SSSR count). The molecule has 0 bridgehead atoms. The van der Waals surface area contributed by atoms with Crippen LogP contribution in [0.25, 0.3) is 0 Å². The summed E-state index contributed by atoms with van der Waals surface area (Å²) in [4.78, 5) is 8.87. The first kappa shape index (κ1) is 19.1. The van der Waals surface area contributed by atoms with Crippen LogP contribution >= 0.6 is 24.0 Å². The molecule has 0 aliphatic carbocycles. The zero-order valence-corrected chi connectivity index (χ0v) is 16.0. The van der Waals surface area contributed by atoms with Gasteiger partial charge in [-0.15, -0.1) is 24.0 Å². The molecular weight excluding hydrogens is 415 g/mol. The lowest BCUT2D eigenvalue weighted by Gasteiger charge is -2.15. The molecule has 0 aromatic carbocycles. The molecule has 124 valence electrons. The van der Waals surface area contributed by atoms with Gasteiger partial charge in [-0.2, -0.15) is 0 Å². The molecule has 1 aliphatic rings. The van der Waals surface area contributed by atoms with Gasteiger partial charge in [0.25, 0.3) is 0 Å². The van der Waals surface area contributed by atoms with Crippen molar-refractivity contribution in [3.05, 3.63) is 29.6 Å². The molecule has 22 heavy (non-hydrogen) atoms. The minimum absolute atomic E-state index is 0. The molecule has 1 aliphatic heterocycles. The standard InChI is InChI=1S/C14H22N4O2S.HI/c1-3-15-14(18-13-7-8-21(19,20)10-13)16-9-12-6-4-5-11(2)17-12;/h4-6,13H,3,7-10H2,1-2H3,(H2,15,16,18);1H. The fourth-order valence-corrected chi connectivity index (χ4v) is 3.94. The molecule has 1 aromatic rings. The summed E-state index contributed by atoms with van der Waals surface area (Å²) in [7, 11) is -2.89. The molecule has 1 fully saturated rings. The van der Waals surface area contributed by atoms with E-state index in [4.69, 9.17) is 0 Å². The minimum atomic E-state index is -2.89. The highest BCUT2D eigenvalue weighted by atomic mass is 127. The molecule has 1 atom stereocenters. The van der Waals surface area contributed by atoms with E-state index in [-0.39, 0.29) is 41.5 Å². The summed E-state index contributed by atoms with van der Waals surface area (Å²) < 4.78 is 23.0. The molecule has 2 N–H and O–H groups in total. The zero-order chi connectivity index (χ0) is 15.3. The van der Waals surface area contributed by atoms with Gasteiger partial charge in [-0.25, -0.2) is 13.4 Å². The van der Waals surface area contributed by atoms with Crippen LogP contribution in [-0.4, -0.2) is 43.5 Å². The van der Waals surface area contributed by atoms with Gasteiger partial charge in [0.2, 0.25) is 0 Å². The van der Waals surface area contributed by atoms with E-state index in [2.05, 4.69) is 20.6 Å². The number of guanidine groups is 1. The van der Waals surface area contributed by atoms with E-state index in [9.17, 15) is 8.42 Å². The van der Waals surface area contributed by atoms with Crippen LogP contribution in [0.4, 0.5) is 0 Å². The van der Waals surface area contributed by atoms with Gasteiger partial charge in [-0.05, 0) is 32.4 Å². The van der Waals surface area contributed by atoms with Gasteiger partial charge in [0, 0.05) is 18.3 Å². The summed E-state index contributed by atoms with van der Waals surface area (Å²) in [6, 6.07) is 5.77. The Morgan fingerprint density at radius 2 is 2.23 bits per heavy atom. The maximum Gasteiger partial charge on any atom is 0.191 e. The topological polar surface area (TPSA) is 83.4 Å². The highest BCUT2D eigenvalue weighted by molar-refractivity contribution is 14.0. The van der Waals surface area contributed by atoms with Gasteiger partial charge in [-0.3, -0.25) is 4.98 Å². The summed E-state index contributed by atoms with van der Waals surface area (Å²) in [6.07, 6.45) is 0.634. The Kier molecular flexibility index (Phi) is 7.54. The van der Waals surface area contributed by atoms with Crippen molar-refractivity contribution in [2.24, 2.45) is 4.99 Å². The van der Waals surface area contributed by atoms with Crippen molar-refractivity contribution in [1.82, 2.24) is 15.6 Å². The molecule has 0 saturated carbocycles. The van der Waals surface area contributed by atoms with E-state index in [1.165, 1.54) is 0 Å². The summed E-state index contributed by atoms with van der Waals surface area (Å²) in [5, 5.41) is 6.33. The number of aromatic nitrogens is 1.